The van der Waals surface area contributed by atoms with Gasteiger partial charge in [0.25, 0.3) is 0 Å². The molecule has 0 saturated carbocycles. The number of hydrogen-bond donors (Lipinski definition) is 2. The minimum absolute atomic E-state index is 0.161. The van der Waals surface area contributed by atoms with Crippen molar-refractivity contribution in [2.75, 3.05) is 11.9 Å². The van der Waals surface area contributed by atoms with Crippen LogP contribution in [0.3, 0.4) is 0 Å². The van der Waals surface area contributed by atoms with Crippen LogP contribution >= 0.6 is 12.2 Å². The van der Waals surface area contributed by atoms with E-state index in [0.717, 1.165) is 28.8 Å². The Hall–Kier alpha value is -2.21. The van der Waals surface area contributed by atoms with Crippen LogP contribution in [0.2, 0.25) is 0 Å². The van der Waals surface area contributed by atoms with Crippen molar-refractivity contribution in [3.05, 3.63) is 59.2 Å². The van der Waals surface area contributed by atoms with Crippen molar-refractivity contribution in [2.24, 2.45) is 0 Å². The first-order valence-corrected chi connectivity index (χ1v) is 8.01. The predicted octanol–water partition coefficient (Wildman–Crippen LogP) is 4.43. The summed E-state index contributed by atoms with van der Waals surface area (Å²) in [6, 6.07) is 12.7. The van der Waals surface area contributed by atoms with Gasteiger partial charge in [-0.05, 0) is 67.4 Å². The third-order valence-corrected chi connectivity index (χ3v) is 3.74. The SMILES string of the molecule is Cc1ccc(C)c(NC(=S)NCCc2ccc(OC(F)F)cc2)c1. The van der Waals surface area contributed by atoms with Crippen molar-refractivity contribution in [3.63, 3.8) is 0 Å². The fraction of sp³-hybridized carbons (Fsp3) is 0.278. The molecule has 0 fully saturated rings. The largest absolute Gasteiger partial charge is 0.435 e. The molecule has 2 aromatic rings. The van der Waals surface area contributed by atoms with Crippen LogP contribution in [0.4, 0.5) is 14.5 Å². The van der Waals surface area contributed by atoms with Crippen LogP contribution in [0.25, 0.3) is 0 Å². The number of aryl methyl sites for hydroxylation is 2. The smallest absolute Gasteiger partial charge is 0.387 e. The van der Waals surface area contributed by atoms with Gasteiger partial charge < -0.3 is 15.4 Å². The molecule has 0 aliphatic rings. The molecule has 2 aromatic carbocycles. The van der Waals surface area contributed by atoms with E-state index in [1.807, 2.05) is 26.0 Å². The predicted molar refractivity (Wildman–Crippen MR) is 96.9 cm³/mol. The molecule has 0 saturated heterocycles. The first kappa shape index (κ1) is 18.1. The van der Waals surface area contributed by atoms with Crippen LogP contribution < -0.4 is 15.4 Å². The lowest BCUT2D eigenvalue weighted by Crippen LogP contribution is -2.30. The summed E-state index contributed by atoms with van der Waals surface area (Å²) < 4.78 is 28.5. The Morgan fingerprint density at radius 2 is 1.83 bits per heavy atom. The molecule has 0 amide bonds. The van der Waals surface area contributed by atoms with Crippen LogP contribution in [0, 0.1) is 13.8 Å². The molecular weight excluding hydrogens is 330 g/mol. The van der Waals surface area contributed by atoms with Crippen molar-refractivity contribution < 1.29 is 13.5 Å². The molecule has 0 aromatic heterocycles. The molecule has 128 valence electrons. The molecule has 2 rings (SSSR count). The molecule has 0 bridgehead atoms. The van der Waals surface area contributed by atoms with Crippen molar-refractivity contribution in [1.29, 1.82) is 0 Å². The van der Waals surface area contributed by atoms with Gasteiger partial charge in [-0.1, -0.05) is 24.3 Å². The summed E-state index contributed by atoms with van der Waals surface area (Å²) >= 11 is 5.30. The van der Waals surface area contributed by atoms with Gasteiger partial charge in [0.2, 0.25) is 0 Å². The minimum Gasteiger partial charge on any atom is -0.435 e. The number of anilines is 1. The zero-order chi connectivity index (χ0) is 17.5. The number of benzene rings is 2. The molecule has 2 N–H and O–H groups in total. The Labute approximate surface area is 146 Å². The summed E-state index contributed by atoms with van der Waals surface area (Å²) in [6.45, 7) is 1.90. The van der Waals surface area contributed by atoms with Crippen LogP contribution in [0.1, 0.15) is 16.7 Å². The lowest BCUT2D eigenvalue weighted by atomic mass is 10.1. The highest BCUT2D eigenvalue weighted by Crippen LogP contribution is 2.16. The summed E-state index contributed by atoms with van der Waals surface area (Å²) in [7, 11) is 0. The Bertz CT molecular complexity index is 690. The molecule has 0 aliphatic carbocycles. The zero-order valence-corrected chi connectivity index (χ0v) is 14.4. The van der Waals surface area contributed by atoms with Gasteiger partial charge in [-0.25, -0.2) is 0 Å². The number of alkyl halides is 2. The van der Waals surface area contributed by atoms with Gasteiger partial charge in [0.15, 0.2) is 5.11 Å². The number of ether oxygens (including phenoxy) is 1. The van der Waals surface area contributed by atoms with E-state index in [1.54, 1.807) is 12.1 Å². The van der Waals surface area contributed by atoms with Crippen molar-refractivity contribution in [2.45, 2.75) is 26.9 Å². The zero-order valence-electron chi connectivity index (χ0n) is 13.6. The normalized spacial score (nSPS) is 10.5. The molecular formula is C18H20F2N2OS. The number of nitrogens with one attached hydrogen (secondary N) is 2. The van der Waals surface area contributed by atoms with E-state index >= 15 is 0 Å². The van der Waals surface area contributed by atoms with E-state index < -0.39 is 6.61 Å². The van der Waals surface area contributed by atoms with Gasteiger partial charge in [-0.15, -0.1) is 0 Å². The van der Waals surface area contributed by atoms with Gasteiger partial charge >= 0.3 is 6.61 Å². The van der Waals surface area contributed by atoms with Crippen LogP contribution in [0.5, 0.6) is 5.75 Å². The van der Waals surface area contributed by atoms with E-state index in [-0.39, 0.29) is 5.75 Å². The molecule has 24 heavy (non-hydrogen) atoms. The summed E-state index contributed by atoms with van der Waals surface area (Å²) in [5, 5.41) is 6.88. The molecule has 0 aliphatic heterocycles. The number of rotatable bonds is 6. The molecule has 6 heteroatoms. The Kier molecular flexibility index (Phi) is 6.49. The lowest BCUT2D eigenvalue weighted by Gasteiger charge is -2.13. The van der Waals surface area contributed by atoms with Crippen LogP contribution in [-0.2, 0) is 6.42 Å². The second-order valence-corrected chi connectivity index (χ2v) is 5.88. The van der Waals surface area contributed by atoms with Crippen LogP contribution in [-0.4, -0.2) is 18.3 Å². The maximum Gasteiger partial charge on any atom is 0.387 e. The average Bonchev–Trinajstić information content (AvgIpc) is 2.52. The third-order valence-electron chi connectivity index (χ3n) is 3.49. The maximum absolute atomic E-state index is 12.1. The Balaban J connectivity index is 1.79. The fourth-order valence-electron chi connectivity index (χ4n) is 2.19. The van der Waals surface area contributed by atoms with Gasteiger partial charge in [0.05, 0.1) is 0 Å². The van der Waals surface area contributed by atoms with Gasteiger partial charge in [0, 0.05) is 12.2 Å². The fourth-order valence-corrected chi connectivity index (χ4v) is 2.41. The van der Waals surface area contributed by atoms with Gasteiger partial charge in [-0.2, -0.15) is 8.78 Å². The Morgan fingerprint density at radius 1 is 1.12 bits per heavy atom. The first-order chi connectivity index (χ1) is 11.4. The molecule has 0 unspecified atom stereocenters. The summed E-state index contributed by atoms with van der Waals surface area (Å²) in [6.07, 6.45) is 0.726. The Morgan fingerprint density at radius 3 is 2.50 bits per heavy atom. The van der Waals surface area contributed by atoms with E-state index in [0.29, 0.717) is 11.7 Å². The van der Waals surface area contributed by atoms with Gasteiger partial charge in [-0.3, -0.25) is 0 Å². The van der Waals surface area contributed by atoms with E-state index in [2.05, 4.69) is 21.4 Å². The summed E-state index contributed by atoms with van der Waals surface area (Å²) in [5.41, 5.74) is 4.29. The van der Waals surface area contributed by atoms with Gasteiger partial charge in [0.1, 0.15) is 5.75 Å². The maximum atomic E-state index is 12.1. The van der Waals surface area contributed by atoms with E-state index in [9.17, 15) is 8.78 Å². The summed E-state index contributed by atoms with van der Waals surface area (Å²) in [4.78, 5) is 0. The van der Waals surface area contributed by atoms with E-state index in [1.165, 1.54) is 12.1 Å². The molecule has 0 atom stereocenters. The number of thiocarbonyl (C=S) groups is 1. The number of hydrogen-bond acceptors (Lipinski definition) is 2. The quantitative estimate of drug-likeness (QED) is 0.755. The second-order valence-electron chi connectivity index (χ2n) is 5.47. The van der Waals surface area contributed by atoms with E-state index in [4.69, 9.17) is 12.2 Å². The van der Waals surface area contributed by atoms with Crippen molar-refractivity contribution in [3.8, 4) is 5.75 Å². The minimum atomic E-state index is -2.80. The molecule has 0 radical (unpaired) electrons. The molecule has 0 spiro atoms. The third kappa shape index (κ3) is 5.77. The molecule has 0 heterocycles. The standard InChI is InChI=1S/C18H20F2N2OS/c1-12-3-4-13(2)16(11-12)22-18(24)21-10-9-14-5-7-15(8-6-14)23-17(19)20/h3-8,11,17H,9-10H2,1-2H3,(H2,21,22,24). The van der Waals surface area contributed by atoms with Crippen molar-refractivity contribution >= 4 is 23.0 Å². The highest BCUT2D eigenvalue weighted by molar-refractivity contribution is 7.80. The average molecular weight is 350 g/mol. The second kappa shape index (κ2) is 8.59. The first-order valence-electron chi connectivity index (χ1n) is 7.60. The lowest BCUT2D eigenvalue weighted by molar-refractivity contribution is -0.0498. The highest BCUT2D eigenvalue weighted by Gasteiger charge is 2.04. The monoisotopic (exact) mass is 350 g/mol. The topological polar surface area (TPSA) is 33.3 Å². The number of halogens is 2. The summed E-state index contributed by atoms with van der Waals surface area (Å²) in [5.74, 6) is 0.161. The molecule has 3 nitrogen and oxygen atoms in total. The van der Waals surface area contributed by atoms with Crippen molar-refractivity contribution in [1.82, 2.24) is 5.32 Å². The highest BCUT2D eigenvalue weighted by atomic mass is 32.1. The van der Waals surface area contributed by atoms with Crippen LogP contribution in [0.15, 0.2) is 42.5 Å².